The molecule has 0 saturated heterocycles. The lowest BCUT2D eigenvalue weighted by Crippen LogP contribution is -2.20. The average molecular weight is 328 g/mol. The Morgan fingerprint density at radius 2 is 2.29 bits per heavy atom. The summed E-state index contributed by atoms with van der Waals surface area (Å²) in [6.45, 7) is 4.92. The molecule has 0 bridgehead atoms. The SMILES string of the molecule is CCn1nc(C)cc1C(=O)/N=C1/C=CC=C(OC)C1C/C=C/CN. The van der Waals surface area contributed by atoms with Gasteiger partial charge in [-0.2, -0.15) is 5.10 Å². The van der Waals surface area contributed by atoms with Crippen LogP contribution in [0.3, 0.4) is 0 Å². The predicted molar refractivity (Wildman–Crippen MR) is 94.9 cm³/mol. The molecule has 1 aromatic rings. The quantitative estimate of drug-likeness (QED) is 0.813. The van der Waals surface area contributed by atoms with Crippen LogP contribution in [0.15, 0.2) is 47.2 Å². The van der Waals surface area contributed by atoms with E-state index in [9.17, 15) is 4.79 Å². The molecule has 6 nitrogen and oxygen atoms in total. The van der Waals surface area contributed by atoms with E-state index in [2.05, 4.69) is 10.1 Å². The Bertz CT molecular complexity index is 711. The van der Waals surface area contributed by atoms with Gasteiger partial charge < -0.3 is 10.5 Å². The van der Waals surface area contributed by atoms with Crippen molar-refractivity contribution in [1.29, 1.82) is 0 Å². The topological polar surface area (TPSA) is 82.5 Å². The van der Waals surface area contributed by atoms with Crippen LogP contribution in [0.1, 0.15) is 29.5 Å². The first-order chi connectivity index (χ1) is 11.6. The van der Waals surface area contributed by atoms with Crippen molar-refractivity contribution in [2.24, 2.45) is 16.6 Å². The zero-order valence-electron chi connectivity index (χ0n) is 14.4. The fourth-order valence-corrected chi connectivity index (χ4v) is 2.64. The molecule has 1 atom stereocenters. The third kappa shape index (κ3) is 4.08. The maximum Gasteiger partial charge on any atom is 0.295 e. The summed E-state index contributed by atoms with van der Waals surface area (Å²) in [6, 6.07) is 1.76. The van der Waals surface area contributed by atoms with E-state index in [0.717, 1.165) is 11.5 Å². The molecule has 6 heteroatoms. The maximum absolute atomic E-state index is 12.6. The van der Waals surface area contributed by atoms with Crippen molar-refractivity contribution in [3.63, 3.8) is 0 Å². The Kier molecular flexibility index (Phi) is 6.26. The Labute approximate surface area is 142 Å². The van der Waals surface area contributed by atoms with Crippen molar-refractivity contribution < 1.29 is 9.53 Å². The largest absolute Gasteiger partial charge is 0.500 e. The Morgan fingerprint density at radius 1 is 1.50 bits per heavy atom. The lowest BCUT2D eigenvalue weighted by molar-refractivity contribution is 0.0992. The van der Waals surface area contributed by atoms with Crippen LogP contribution in [0, 0.1) is 12.8 Å². The minimum absolute atomic E-state index is 0.0918. The number of methoxy groups -OCH3 is 1. The zero-order valence-corrected chi connectivity index (χ0v) is 14.4. The Morgan fingerprint density at radius 3 is 2.96 bits per heavy atom. The molecule has 1 unspecified atom stereocenters. The van der Waals surface area contributed by atoms with Gasteiger partial charge in [0.05, 0.1) is 24.4 Å². The molecule has 0 spiro atoms. The summed E-state index contributed by atoms with van der Waals surface area (Å²) in [5.41, 5.74) is 7.48. The van der Waals surface area contributed by atoms with E-state index in [4.69, 9.17) is 10.5 Å². The fourth-order valence-electron chi connectivity index (χ4n) is 2.64. The highest BCUT2D eigenvalue weighted by molar-refractivity contribution is 6.09. The summed E-state index contributed by atoms with van der Waals surface area (Å²) in [7, 11) is 1.62. The van der Waals surface area contributed by atoms with E-state index in [1.54, 1.807) is 17.9 Å². The number of nitrogens with zero attached hydrogens (tertiary/aromatic N) is 3. The minimum Gasteiger partial charge on any atom is -0.500 e. The second-order valence-electron chi connectivity index (χ2n) is 5.46. The number of hydrogen-bond donors (Lipinski definition) is 1. The molecule has 2 N–H and O–H groups in total. The highest BCUT2D eigenvalue weighted by atomic mass is 16.5. The number of rotatable bonds is 6. The van der Waals surface area contributed by atoms with Crippen LogP contribution in [0.5, 0.6) is 0 Å². The van der Waals surface area contributed by atoms with Crippen LogP contribution in [-0.4, -0.2) is 35.1 Å². The number of carbonyl (C=O) groups excluding carboxylic acids is 1. The first-order valence-electron chi connectivity index (χ1n) is 8.05. The molecule has 0 saturated carbocycles. The third-order valence-electron chi connectivity index (χ3n) is 3.79. The van der Waals surface area contributed by atoms with E-state index < -0.39 is 0 Å². The van der Waals surface area contributed by atoms with Gasteiger partial charge in [0, 0.05) is 13.1 Å². The van der Waals surface area contributed by atoms with Gasteiger partial charge in [-0.1, -0.05) is 18.2 Å². The summed E-state index contributed by atoms with van der Waals surface area (Å²) >= 11 is 0. The molecule has 1 aliphatic carbocycles. The number of aliphatic imine (C=N–C) groups is 1. The standard InChI is InChI=1S/C18H24N4O2/c1-4-22-16(12-13(2)21-22)18(23)20-15-9-7-10-17(24-3)14(15)8-5-6-11-19/h5-7,9-10,12,14H,4,8,11,19H2,1-3H3/b6-5+,20-15-. The van der Waals surface area contributed by atoms with Crippen LogP contribution >= 0.6 is 0 Å². The molecule has 0 aromatic carbocycles. The Balaban J connectivity index is 2.30. The molecule has 128 valence electrons. The molecule has 0 radical (unpaired) electrons. The molecule has 1 heterocycles. The predicted octanol–water partition coefficient (Wildman–Crippen LogP) is 2.41. The fraction of sp³-hybridized carbons (Fsp3) is 0.389. The van der Waals surface area contributed by atoms with Gasteiger partial charge in [-0.15, -0.1) is 0 Å². The van der Waals surface area contributed by atoms with Crippen molar-refractivity contribution >= 4 is 11.6 Å². The summed E-state index contributed by atoms with van der Waals surface area (Å²) < 4.78 is 7.11. The number of nitrogens with two attached hydrogens (primary N) is 1. The number of aryl methyl sites for hydroxylation is 2. The van der Waals surface area contributed by atoms with E-state index >= 15 is 0 Å². The molecule has 2 rings (SSSR count). The van der Waals surface area contributed by atoms with Gasteiger partial charge in [0.2, 0.25) is 0 Å². The van der Waals surface area contributed by atoms with Gasteiger partial charge >= 0.3 is 0 Å². The van der Waals surface area contributed by atoms with Gasteiger partial charge in [0.15, 0.2) is 0 Å². The van der Waals surface area contributed by atoms with Crippen molar-refractivity contribution in [1.82, 2.24) is 9.78 Å². The summed E-state index contributed by atoms with van der Waals surface area (Å²) in [5.74, 6) is 0.402. The number of hydrogen-bond acceptors (Lipinski definition) is 4. The first-order valence-corrected chi connectivity index (χ1v) is 8.05. The van der Waals surface area contributed by atoms with Crippen molar-refractivity contribution in [3.05, 3.63) is 53.6 Å². The normalized spacial score (nSPS) is 19.1. The van der Waals surface area contributed by atoms with Crippen LogP contribution in [0.2, 0.25) is 0 Å². The van der Waals surface area contributed by atoms with E-state index in [1.807, 2.05) is 44.2 Å². The minimum atomic E-state index is -0.290. The molecule has 0 aliphatic heterocycles. The van der Waals surface area contributed by atoms with Crippen LogP contribution in [0.25, 0.3) is 0 Å². The molecule has 1 aromatic heterocycles. The van der Waals surface area contributed by atoms with Gasteiger partial charge in [0.25, 0.3) is 5.91 Å². The van der Waals surface area contributed by atoms with Gasteiger partial charge in [-0.25, -0.2) is 4.99 Å². The number of aromatic nitrogens is 2. The number of allylic oxidation sites excluding steroid dienone is 5. The monoisotopic (exact) mass is 328 g/mol. The summed E-state index contributed by atoms with van der Waals surface area (Å²) in [6.07, 6.45) is 10.1. The molecular formula is C18H24N4O2. The molecule has 0 fully saturated rings. The Hall–Kier alpha value is -2.47. The molecule has 24 heavy (non-hydrogen) atoms. The van der Waals surface area contributed by atoms with Crippen molar-refractivity contribution in [2.45, 2.75) is 26.8 Å². The van der Waals surface area contributed by atoms with Crippen molar-refractivity contribution in [3.8, 4) is 0 Å². The lowest BCUT2D eigenvalue weighted by Gasteiger charge is -2.20. The second-order valence-corrected chi connectivity index (χ2v) is 5.46. The van der Waals surface area contributed by atoms with Gasteiger partial charge in [0.1, 0.15) is 11.5 Å². The van der Waals surface area contributed by atoms with Gasteiger partial charge in [-0.05, 0) is 38.5 Å². The van der Waals surface area contributed by atoms with Gasteiger partial charge in [-0.3, -0.25) is 9.48 Å². The maximum atomic E-state index is 12.6. The third-order valence-corrected chi connectivity index (χ3v) is 3.79. The van der Waals surface area contributed by atoms with Crippen LogP contribution in [0.4, 0.5) is 0 Å². The van der Waals surface area contributed by atoms with E-state index in [1.165, 1.54) is 0 Å². The highest BCUT2D eigenvalue weighted by Crippen LogP contribution is 2.24. The first kappa shape index (κ1) is 17.9. The molecular weight excluding hydrogens is 304 g/mol. The second kappa shape index (κ2) is 8.40. The number of amides is 1. The van der Waals surface area contributed by atoms with Crippen LogP contribution < -0.4 is 5.73 Å². The van der Waals surface area contributed by atoms with Crippen LogP contribution in [-0.2, 0) is 11.3 Å². The molecule has 1 aliphatic rings. The van der Waals surface area contributed by atoms with E-state index in [-0.39, 0.29) is 11.8 Å². The smallest absolute Gasteiger partial charge is 0.295 e. The zero-order chi connectivity index (χ0) is 17.5. The lowest BCUT2D eigenvalue weighted by atomic mass is 9.92. The highest BCUT2D eigenvalue weighted by Gasteiger charge is 2.23. The average Bonchev–Trinajstić information content (AvgIpc) is 2.97. The number of ether oxygens (including phenoxy) is 1. The number of carbonyl (C=O) groups is 1. The molecule has 1 amide bonds. The van der Waals surface area contributed by atoms with E-state index in [0.29, 0.717) is 30.9 Å². The summed E-state index contributed by atoms with van der Waals surface area (Å²) in [4.78, 5) is 16.9. The van der Waals surface area contributed by atoms with Crippen molar-refractivity contribution in [2.75, 3.05) is 13.7 Å². The summed E-state index contributed by atoms with van der Waals surface area (Å²) in [5, 5.41) is 4.30.